The van der Waals surface area contributed by atoms with E-state index >= 15 is 0 Å². The van der Waals surface area contributed by atoms with Crippen molar-refractivity contribution in [1.82, 2.24) is 10.1 Å². The first-order chi connectivity index (χ1) is 10.6. The molecule has 0 amide bonds. The number of ether oxygens (including phenoxy) is 1. The highest BCUT2D eigenvalue weighted by Gasteiger charge is 2.15. The summed E-state index contributed by atoms with van der Waals surface area (Å²) in [6.07, 6.45) is 0. The first-order valence-electron chi connectivity index (χ1n) is 6.12. The molecule has 112 valence electrons. The quantitative estimate of drug-likeness (QED) is 0.647. The van der Waals surface area contributed by atoms with E-state index in [4.69, 9.17) is 32.5 Å². The molecule has 2 aromatic heterocycles. The van der Waals surface area contributed by atoms with E-state index in [1.54, 1.807) is 6.07 Å². The molecule has 0 fully saturated rings. The zero-order valence-electron chi connectivity index (χ0n) is 11.0. The maximum absolute atomic E-state index is 12.0. The van der Waals surface area contributed by atoms with Crippen LogP contribution < -0.4 is 0 Å². The number of esters is 1. The van der Waals surface area contributed by atoms with Crippen LogP contribution in [0.2, 0.25) is 10.0 Å². The molecule has 1 aromatic carbocycles. The van der Waals surface area contributed by atoms with Crippen molar-refractivity contribution in [2.45, 2.75) is 6.61 Å². The third-order valence-corrected chi connectivity index (χ3v) is 4.12. The van der Waals surface area contributed by atoms with E-state index in [1.165, 1.54) is 23.5 Å². The fourth-order valence-corrected chi connectivity index (χ4v) is 2.69. The predicted molar refractivity (Wildman–Crippen MR) is 83.2 cm³/mol. The smallest absolute Gasteiger partial charge is 0.340 e. The molecule has 22 heavy (non-hydrogen) atoms. The molecular weight excluding hydrogens is 347 g/mol. The van der Waals surface area contributed by atoms with Crippen LogP contribution in [0.4, 0.5) is 0 Å². The van der Waals surface area contributed by atoms with Crippen LogP contribution in [-0.2, 0) is 11.3 Å². The van der Waals surface area contributed by atoms with Gasteiger partial charge in [-0.1, -0.05) is 34.4 Å². The number of carbonyl (C=O) groups excluding carboxylic acids is 1. The van der Waals surface area contributed by atoms with Gasteiger partial charge in [0.15, 0.2) is 6.61 Å². The molecular formula is C14H8Cl2N2O3S. The average molecular weight is 355 g/mol. The summed E-state index contributed by atoms with van der Waals surface area (Å²) in [5.41, 5.74) is 0.187. The molecule has 0 saturated carbocycles. The topological polar surface area (TPSA) is 65.2 Å². The predicted octanol–water partition coefficient (Wildman–Crippen LogP) is 4.46. The Balaban J connectivity index is 1.67. The standard InChI is InChI=1S/C14H8Cl2N2O3S/c15-8-3-4-10(16)9(6-8)14(19)20-7-12-17-13(18-21-12)11-2-1-5-22-11/h1-6H,7H2. The molecule has 0 radical (unpaired) electrons. The van der Waals surface area contributed by atoms with Gasteiger partial charge in [-0.2, -0.15) is 4.98 Å². The average Bonchev–Trinajstić information content (AvgIpc) is 3.17. The fraction of sp³-hybridized carbons (Fsp3) is 0.0714. The highest BCUT2D eigenvalue weighted by atomic mass is 35.5. The van der Waals surface area contributed by atoms with Crippen LogP contribution in [0.1, 0.15) is 16.2 Å². The minimum atomic E-state index is -0.608. The van der Waals surface area contributed by atoms with Gasteiger partial charge in [-0.15, -0.1) is 11.3 Å². The lowest BCUT2D eigenvalue weighted by atomic mass is 10.2. The zero-order valence-corrected chi connectivity index (χ0v) is 13.3. The maximum Gasteiger partial charge on any atom is 0.340 e. The van der Waals surface area contributed by atoms with Crippen molar-refractivity contribution in [3.8, 4) is 10.7 Å². The van der Waals surface area contributed by atoms with Crippen molar-refractivity contribution >= 4 is 40.5 Å². The largest absolute Gasteiger partial charge is 0.452 e. The van der Waals surface area contributed by atoms with Crippen LogP contribution >= 0.6 is 34.5 Å². The van der Waals surface area contributed by atoms with Crippen LogP contribution in [0.3, 0.4) is 0 Å². The molecule has 0 aliphatic heterocycles. The third kappa shape index (κ3) is 3.30. The first kappa shape index (κ1) is 15.0. The second kappa shape index (κ2) is 6.48. The number of hydrogen-bond acceptors (Lipinski definition) is 6. The van der Waals surface area contributed by atoms with Crippen molar-refractivity contribution in [1.29, 1.82) is 0 Å². The molecule has 3 aromatic rings. The molecule has 2 heterocycles. The van der Waals surface area contributed by atoms with Gasteiger partial charge in [0.2, 0.25) is 5.82 Å². The lowest BCUT2D eigenvalue weighted by molar-refractivity contribution is 0.0430. The molecule has 8 heteroatoms. The molecule has 0 atom stereocenters. The van der Waals surface area contributed by atoms with Gasteiger partial charge in [0, 0.05) is 5.02 Å². The lowest BCUT2D eigenvalue weighted by Gasteiger charge is -2.04. The Hall–Kier alpha value is -1.89. The van der Waals surface area contributed by atoms with Crippen LogP contribution in [0.15, 0.2) is 40.2 Å². The minimum Gasteiger partial charge on any atom is -0.452 e. The first-order valence-corrected chi connectivity index (χ1v) is 7.75. The van der Waals surface area contributed by atoms with Crippen LogP contribution in [-0.4, -0.2) is 16.1 Å². The fourth-order valence-electron chi connectivity index (χ4n) is 1.68. The van der Waals surface area contributed by atoms with E-state index in [1.807, 2.05) is 17.5 Å². The number of benzene rings is 1. The van der Waals surface area contributed by atoms with Crippen molar-refractivity contribution < 1.29 is 14.1 Å². The summed E-state index contributed by atoms with van der Waals surface area (Å²) in [4.78, 5) is 17.0. The Morgan fingerprint density at radius 3 is 2.95 bits per heavy atom. The second-order valence-corrected chi connectivity index (χ2v) is 5.98. The molecule has 0 bridgehead atoms. The zero-order chi connectivity index (χ0) is 15.5. The van der Waals surface area contributed by atoms with Gasteiger partial charge in [-0.25, -0.2) is 4.79 Å². The molecule has 0 unspecified atom stereocenters. The number of thiophene rings is 1. The maximum atomic E-state index is 12.0. The van der Waals surface area contributed by atoms with Gasteiger partial charge in [0.25, 0.3) is 5.89 Å². The number of nitrogens with zero attached hydrogens (tertiary/aromatic N) is 2. The second-order valence-electron chi connectivity index (χ2n) is 4.19. The van der Waals surface area contributed by atoms with E-state index in [2.05, 4.69) is 10.1 Å². The molecule has 5 nitrogen and oxygen atoms in total. The van der Waals surface area contributed by atoms with Crippen LogP contribution in [0, 0.1) is 0 Å². The summed E-state index contributed by atoms with van der Waals surface area (Å²) in [7, 11) is 0. The van der Waals surface area contributed by atoms with Gasteiger partial charge in [-0.3, -0.25) is 0 Å². The Morgan fingerprint density at radius 1 is 1.32 bits per heavy atom. The van der Waals surface area contributed by atoms with Crippen molar-refractivity contribution in [3.05, 3.63) is 57.2 Å². The Kier molecular flexibility index (Phi) is 4.42. The lowest BCUT2D eigenvalue weighted by Crippen LogP contribution is -2.06. The van der Waals surface area contributed by atoms with Crippen LogP contribution in [0.5, 0.6) is 0 Å². The molecule has 0 aliphatic carbocycles. The summed E-state index contributed by atoms with van der Waals surface area (Å²) in [6.45, 7) is -0.139. The summed E-state index contributed by atoms with van der Waals surface area (Å²) in [5, 5.41) is 6.40. The SMILES string of the molecule is O=C(OCc1nc(-c2cccs2)no1)c1cc(Cl)ccc1Cl. The van der Waals surface area contributed by atoms with E-state index in [9.17, 15) is 4.79 Å². The van der Waals surface area contributed by atoms with Gasteiger partial charge in [-0.05, 0) is 29.6 Å². The molecule has 0 N–H and O–H groups in total. The molecule has 0 spiro atoms. The number of hydrogen-bond donors (Lipinski definition) is 0. The summed E-state index contributed by atoms with van der Waals surface area (Å²) < 4.78 is 10.1. The summed E-state index contributed by atoms with van der Waals surface area (Å²) in [5.74, 6) is 0.0557. The summed E-state index contributed by atoms with van der Waals surface area (Å²) >= 11 is 13.3. The van der Waals surface area contributed by atoms with E-state index in [-0.39, 0.29) is 23.1 Å². The summed E-state index contributed by atoms with van der Waals surface area (Å²) in [6, 6.07) is 8.32. The highest BCUT2D eigenvalue weighted by Crippen LogP contribution is 2.23. The highest BCUT2D eigenvalue weighted by molar-refractivity contribution is 7.13. The van der Waals surface area contributed by atoms with E-state index in [0.29, 0.717) is 10.8 Å². The Morgan fingerprint density at radius 2 is 2.18 bits per heavy atom. The van der Waals surface area contributed by atoms with Crippen molar-refractivity contribution in [3.63, 3.8) is 0 Å². The van der Waals surface area contributed by atoms with Crippen molar-refractivity contribution in [2.75, 3.05) is 0 Å². The monoisotopic (exact) mass is 354 g/mol. The van der Waals surface area contributed by atoms with E-state index in [0.717, 1.165) is 4.88 Å². The van der Waals surface area contributed by atoms with E-state index < -0.39 is 5.97 Å². The van der Waals surface area contributed by atoms with Crippen molar-refractivity contribution in [2.24, 2.45) is 0 Å². The normalized spacial score (nSPS) is 10.6. The minimum absolute atomic E-state index is 0.139. The number of aromatic nitrogens is 2. The van der Waals surface area contributed by atoms with Gasteiger partial charge in [0.1, 0.15) is 0 Å². The number of carbonyl (C=O) groups is 1. The third-order valence-electron chi connectivity index (χ3n) is 2.68. The number of rotatable bonds is 4. The van der Waals surface area contributed by atoms with Gasteiger partial charge >= 0.3 is 5.97 Å². The Labute approximate surface area is 139 Å². The number of halogens is 2. The molecule has 0 saturated heterocycles. The van der Waals surface area contributed by atoms with Gasteiger partial charge in [0.05, 0.1) is 15.5 Å². The molecule has 0 aliphatic rings. The Bertz CT molecular complexity index is 802. The van der Waals surface area contributed by atoms with Crippen LogP contribution in [0.25, 0.3) is 10.7 Å². The van der Waals surface area contributed by atoms with Gasteiger partial charge < -0.3 is 9.26 Å². The molecule has 3 rings (SSSR count).